The van der Waals surface area contributed by atoms with Gasteiger partial charge in [0, 0.05) is 31.4 Å². The minimum atomic E-state index is -0.552. The Hall–Kier alpha value is -3.91. The van der Waals surface area contributed by atoms with Crippen LogP contribution in [-0.2, 0) is 19.4 Å². The molecular weight excluding hydrogens is 434 g/mol. The summed E-state index contributed by atoms with van der Waals surface area (Å²) in [6.07, 6.45) is 1.84. The van der Waals surface area contributed by atoms with Crippen molar-refractivity contribution >= 4 is 17.3 Å². The van der Waals surface area contributed by atoms with E-state index in [1.54, 1.807) is 20.3 Å². The van der Waals surface area contributed by atoms with Gasteiger partial charge in [-0.25, -0.2) is 0 Å². The van der Waals surface area contributed by atoms with Crippen molar-refractivity contribution in [3.8, 4) is 11.5 Å². The summed E-state index contributed by atoms with van der Waals surface area (Å²) in [6, 6.07) is 17.6. The molecule has 8 nitrogen and oxygen atoms in total. The molecule has 1 N–H and O–H groups in total. The first-order chi connectivity index (χ1) is 16.5. The molecule has 0 aliphatic carbocycles. The highest BCUT2D eigenvalue weighted by molar-refractivity contribution is 6.07. The molecular formula is C26H27N3O5. The van der Waals surface area contributed by atoms with E-state index in [0.29, 0.717) is 5.69 Å². The highest BCUT2D eigenvalue weighted by atomic mass is 16.6. The summed E-state index contributed by atoms with van der Waals surface area (Å²) in [4.78, 5) is 25.5. The van der Waals surface area contributed by atoms with E-state index in [4.69, 9.17) is 9.47 Å². The van der Waals surface area contributed by atoms with Gasteiger partial charge in [-0.1, -0.05) is 24.3 Å². The van der Waals surface area contributed by atoms with Crippen molar-refractivity contribution in [3.63, 3.8) is 0 Å². The van der Waals surface area contributed by atoms with Crippen LogP contribution < -0.4 is 14.8 Å². The summed E-state index contributed by atoms with van der Waals surface area (Å²) in [6.45, 7) is 2.75. The second-order valence-corrected chi connectivity index (χ2v) is 8.18. The first-order valence-electron chi connectivity index (χ1n) is 11.1. The number of hydrogen-bond acceptors (Lipinski definition) is 6. The van der Waals surface area contributed by atoms with E-state index in [-0.39, 0.29) is 11.3 Å². The molecule has 0 aromatic heterocycles. The molecule has 0 unspecified atom stereocenters. The van der Waals surface area contributed by atoms with Gasteiger partial charge in [0.25, 0.3) is 11.6 Å². The predicted octanol–water partition coefficient (Wildman–Crippen LogP) is 4.47. The summed E-state index contributed by atoms with van der Waals surface area (Å²) >= 11 is 0. The topological polar surface area (TPSA) is 93.9 Å². The third kappa shape index (κ3) is 5.18. The molecule has 0 saturated carbocycles. The van der Waals surface area contributed by atoms with Crippen molar-refractivity contribution in [2.45, 2.75) is 19.4 Å². The number of ether oxygens (including phenoxy) is 2. The van der Waals surface area contributed by atoms with Gasteiger partial charge in [0.2, 0.25) is 0 Å². The quantitative estimate of drug-likeness (QED) is 0.393. The van der Waals surface area contributed by atoms with E-state index in [1.165, 1.54) is 29.3 Å². The fourth-order valence-electron chi connectivity index (χ4n) is 4.20. The van der Waals surface area contributed by atoms with Crippen molar-refractivity contribution in [3.05, 3.63) is 93.0 Å². The minimum absolute atomic E-state index is 0.0382. The van der Waals surface area contributed by atoms with Gasteiger partial charge in [0.15, 0.2) is 11.5 Å². The molecule has 34 heavy (non-hydrogen) atoms. The van der Waals surface area contributed by atoms with E-state index < -0.39 is 10.8 Å². The molecule has 1 aliphatic heterocycles. The van der Waals surface area contributed by atoms with E-state index in [9.17, 15) is 14.9 Å². The summed E-state index contributed by atoms with van der Waals surface area (Å²) in [5.74, 6) is 1.02. The first-order valence-corrected chi connectivity index (χ1v) is 11.1. The highest BCUT2D eigenvalue weighted by Crippen LogP contribution is 2.33. The first kappa shape index (κ1) is 23.3. The Morgan fingerprint density at radius 3 is 2.38 bits per heavy atom. The molecule has 0 fully saturated rings. The fourth-order valence-corrected chi connectivity index (χ4v) is 4.20. The lowest BCUT2D eigenvalue weighted by atomic mass is 9.98. The summed E-state index contributed by atoms with van der Waals surface area (Å²) in [5, 5.41) is 13.9. The summed E-state index contributed by atoms with van der Waals surface area (Å²) in [7, 11) is 3.31. The Kier molecular flexibility index (Phi) is 7.08. The van der Waals surface area contributed by atoms with Gasteiger partial charge in [-0.05, 0) is 59.9 Å². The zero-order chi connectivity index (χ0) is 24.1. The van der Waals surface area contributed by atoms with Gasteiger partial charge in [-0.15, -0.1) is 0 Å². The number of carbonyl (C=O) groups is 1. The normalized spacial score (nSPS) is 13.1. The third-order valence-corrected chi connectivity index (χ3v) is 6.07. The Morgan fingerprint density at radius 2 is 1.71 bits per heavy atom. The number of carbonyl (C=O) groups excluding carboxylic acids is 1. The molecule has 1 amide bonds. The zero-order valence-corrected chi connectivity index (χ0v) is 19.2. The number of methoxy groups -OCH3 is 2. The second-order valence-electron chi connectivity index (χ2n) is 8.18. The van der Waals surface area contributed by atoms with Crippen molar-refractivity contribution in [2.75, 3.05) is 32.6 Å². The number of amides is 1. The van der Waals surface area contributed by atoms with Gasteiger partial charge in [0.05, 0.1) is 19.1 Å². The van der Waals surface area contributed by atoms with Crippen LogP contribution in [0.1, 0.15) is 27.0 Å². The smallest absolute Gasteiger partial charge is 0.282 e. The standard InChI is InChI=1S/C26H27N3O5/c1-33-24-15-19-12-14-28(17-20(19)16-25(24)34-2)13-11-18-7-9-21(10-8-18)27-26(30)22-5-3-4-6-23(22)29(31)32/h3-10,15-16H,11-14,17H2,1-2H3,(H,27,30). The van der Waals surface area contributed by atoms with Crippen LogP contribution in [0.4, 0.5) is 11.4 Å². The number of anilines is 1. The number of para-hydroxylation sites is 1. The number of fused-ring (bicyclic) bond motifs is 1. The molecule has 176 valence electrons. The summed E-state index contributed by atoms with van der Waals surface area (Å²) < 4.78 is 10.9. The third-order valence-electron chi connectivity index (χ3n) is 6.07. The molecule has 0 atom stereocenters. The Labute approximate surface area is 198 Å². The maximum atomic E-state index is 12.5. The summed E-state index contributed by atoms with van der Waals surface area (Å²) in [5.41, 5.74) is 4.14. The molecule has 3 aromatic rings. The lowest BCUT2D eigenvalue weighted by Crippen LogP contribution is -2.32. The van der Waals surface area contributed by atoms with Crippen molar-refractivity contribution in [2.24, 2.45) is 0 Å². The van der Waals surface area contributed by atoms with Crippen LogP contribution in [-0.4, -0.2) is 43.0 Å². The van der Waals surface area contributed by atoms with E-state index in [0.717, 1.165) is 49.5 Å². The van der Waals surface area contributed by atoms with Gasteiger partial charge in [-0.3, -0.25) is 19.8 Å². The lowest BCUT2D eigenvalue weighted by Gasteiger charge is -2.29. The van der Waals surface area contributed by atoms with Crippen LogP contribution in [0.15, 0.2) is 60.7 Å². The molecule has 4 rings (SSSR count). The predicted molar refractivity (Wildman–Crippen MR) is 130 cm³/mol. The largest absolute Gasteiger partial charge is 0.493 e. The van der Waals surface area contributed by atoms with E-state index >= 15 is 0 Å². The second kappa shape index (κ2) is 10.4. The van der Waals surface area contributed by atoms with Crippen LogP contribution in [0.25, 0.3) is 0 Å². The van der Waals surface area contributed by atoms with Crippen LogP contribution in [0.3, 0.4) is 0 Å². The molecule has 0 saturated heterocycles. The van der Waals surface area contributed by atoms with Gasteiger partial charge >= 0.3 is 0 Å². The fraction of sp³-hybridized carbons (Fsp3) is 0.269. The van der Waals surface area contributed by atoms with Crippen molar-refractivity contribution < 1.29 is 19.2 Å². The maximum Gasteiger partial charge on any atom is 0.282 e. The number of rotatable bonds is 8. The molecule has 1 heterocycles. The van der Waals surface area contributed by atoms with Crippen molar-refractivity contribution in [1.29, 1.82) is 0 Å². The SMILES string of the molecule is COc1cc2c(cc1OC)CN(CCc1ccc(NC(=O)c3ccccc3[N+](=O)[O-])cc1)CC2. The van der Waals surface area contributed by atoms with Crippen LogP contribution in [0.2, 0.25) is 0 Å². The van der Waals surface area contributed by atoms with Gasteiger partial charge in [0.1, 0.15) is 5.56 Å². The van der Waals surface area contributed by atoms with E-state index in [2.05, 4.69) is 22.3 Å². The lowest BCUT2D eigenvalue weighted by molar-refractivity contribution is -0.385. The zero-order valence-electron chi connectivity index (χ0n) is 19.2. The number of benzene rings is 3. The van der Waals surface area contributed by atoms with E-state index in [1.807, 2.05) is 24.3 Å². The number of nitro groups is 1. The monoisotopic (exact) mass is 461 g/mol. The van der Waals surface area contributed by atoms with Gasteiger partial charge < -0.3 is 14.8 Å². The Balaban J connectivity index is 1.34. The minimum Gasteiger partial charge on any atom is -0.493 e. The highest BCUT2D eigenvalue weighted by Gasteiger charge is 2.20. The maximum absolute atomic E-state index is 12.5. The molecule has 3 aromatic carbocycles. The number of nitro benzene ring substituents is 1. The average molecular weight is 462 g/mol. The van der Waals surface area contributed by atoms with Crippen LogP contribution in [0, 0.1) is 10.1 Å². The number of nitrogens with zero attached hydrogens (tertiary/aromatic N) is 2. The number of nitrogens with one attached hydrogen (secondary N) is 1. The average Bonchev–Trinajstić information content (AvgIpc) is 2.87. The van der Waals surface area contributed by atoms with Gasteiger partial charge in [-0.2, -0.15) is 0 Å². The molecule has 8 heteroatoms. The Morgan fingerprint density at radius 1 is 1.03 bits per heavy atom. The molecule has 0 spiro atoms. The molecule has 0 radical (unpaired) electrons. The number of hydrogen-bond donors (Lipinski definition) is 1. The Bertz CT molecular complexity index is 1190. The molecule has 1 aliphatic rings. The van der Waals surface area contributed by atoms with Crippen LogP contribution in [0.5, 0.6) is 11.5 Å². The van der Waals surface area contributed by atoms with Crippen LogP contribution >= 0.6 is 0 Å². The van der Waals surface area contributed by atoms with Crippen molar-refractivity contribution in [1.82, 2.24) is 4.90 Å². The molecule has 0 bridgehead atoms.